The van der Waals surface area contributed by atoms with E-state index < -0.39 is 0 Å². The van der Waals surface area contributed by atoms with Crippen molar-refractivity contribution in [2.75, 3.05) is 12.1 Å². The van der Waals surface area contributed by atoms with Crippen LogP contribution in [0, 0.1) is 0 Å². The second-order valence-electron chi connectivity index (χ2n) is 6.58. The van der Waals surface area contributed by atoms with Gasteiger partial charge in [-0.2, -0.15) is 5.10 Å². The molecule has 6 heteroatoms. The van der Waals surface area contributed by atoms with Crippen molar-refractivity contribution in [1.82, 2.24) is 4.98 Å². The summed E-state index contributed by atoms with van der Waals surface area (Å²) in [6, 6.07) is 25.6. The lowest BCUT2D eigenvalue weighted by Gasteiger charge is -2.17. The lowest BCUT2D eigenvalue weighted by Crippen LogP contribution is -2.12. The minimum Gasteiger partial charge on any atom is -0.497 e. The van der Waals surface area contributed by atoms with Crippen LogP contribution in [0.2, 0.25) is 5.02 Å². The Labute approximate surface area is 185 Å². The Bertz CT molecular complexity index is 1140. The predicted molar refractivity (Wildman–Crippen MR) is 126 cm³/mol. The van der Waals surface area contributed by atoms with Gasteiger partial charge in [0, 0.05) is 16.0 Å². The van der Waals surface area contributed by atoms with Gasteiger partial charge in [0.2, 0.25) is 5.13 Å². The number of para-hydroxylation sites is 1. The predicted octanol–water partition coefficient (Wildman–Crippen LogP) is 7.03. The molecule has 0 amide bonds. The molecule has 0 aliphatic rings. The van der Waals surface area contributed by atoms with E-state index in [9.17, 15) is 0 Å². The number of hydrogen-bond donors (Lipinski definition) is 0. The molecule has 0 saturated heterocycles. The molecule has 0 fully saturated rings. The van der Waals surface area contributed by atoms with Gasteiger partial charge in [-0.3, -0.25) is 0 Å². The highest BCUT2D eigenvalue weighted by atomic mass is 35.5. The van der Waals surface area contributed by atoms with Crippen LogP contribution in [0.5, 0.6) is 5.75 Å². The average Bonchev–Trinajstić information content (AvgIpc) is 3.28. The average molecular weight is 434 g/mol. The number of hydrazone groups is 1. The maximum absolute atomic E-state index is 6.03. The largest absolute Gasteiger partial charge is 0.497 e. The van der Waals surface area contributed by atoms with Gasteiger partial charge in [0.1, 0.15) is 5.75 Å². The molecule has 0 aliphatic carbocycles. The van der Waals surface area contributed by atoms with E-state index in [1.54, 1.807) is 18.4 Å². The first-order valence-electron chi connectivity index (χ1n) is 9.40. The molecular formula is C24H20ClN3OS. The zero-order chi connectivity index (χ0) is 20.9. The minimum absolute atomic E-state index is 0.704. The maximum atomic E-state index is 6.03. The second-order valence-corrected chi connectivity index (χ2v) is 7.86. The Morgan fingerprint density at radius 3 is 2.33 bits per heavy atom. The molecule has 4 rings (SSSR count). The molecule has 0 spiro atoms. The van der Waals surface area contributed by atoms with E-state index in [0.717, 1.165) is 39.1 Å². The van der Waals surface area contributed by atoms with Crippen LogP contribution >= 0.6 is 22.9 Å². The first kappa shape index (κ1) is 20.1. The van der Waals surface area contributed by atoms with Crippen LogP contribution in [0.4, 0.5) is 10.8 Å². The van der Waals surface area contributed by atoms with Gasteiger partial charge in [-0.25, -0.2) is 9.99 Å². The molecule has 1 aromatic heterocycles. The number of hydrogen-bond acceptors (Lipinski definition) is 5. The molecule has 30 heavy (non-hydrogen) atoms. The van der Waals surface area contributed by atoms with Crippen LogP contribution in [0.25, 0.3) is 11.3 Å². The Hall–Kier alpha value is -3.15. The van der Waals surface area contributed by atoms with Gasteiger partial charge in [0.25, 0.3) is 0 Å². The van der Waals surface area contributed by atoms with Crippen LogP contribution in [-0.4, -0.2) is 17.8 Å². The topological polar surface area (TPSA) is 37.7 Å². The summed E-state index contributed by atoms with van der Waals surface area (Å²) in [5, 5.41) is 10.3. The van der Waals surface area contributed by atoms with Crippen molar-refractivity contribution in [2.45, 2.75) is 6.92 Å². The molecule has 150 valence electrons. The number of nitrogens with zero attached hydrogens (tertiary/aromatic N) is 3. The van der Waals surface area contributed by atoms with Crippen molar-refractivity contribution < 1.29 is 4.74 Å². The summed E-state index contributed by atoms with van der Waals surface area (Å²) in [5.41, 5.74) is 4.76. The van der Waals surface area contributed by atoms with Gasteiger partial charge in [-0.15, -0.1) is 11.3 Å². The third kappa shape index (κ3) is 4.53. The van der Waals surface area contributed by atoms with Crippen LogP contribution in [0.15, 0.2) is 89.3 Å². The van der Waals surface area contributed by atoms with Crippen LogP contribution in [0.3, 0.4) is 0 Å². The normalized spacial score (nSPS) is 11.4. The number of anilines is 2. The molecule has 3 aromatic carbocycles. The van der Waals surface area contributed by atoms with E-state index in [4.69, 9.17) is 26.4 Å². The molecule has 0 bridgehead atoms. The lowest BCUT2D eigenvalue weighted by atomic mass is 10.1. The van der Waals surface area contributed by atoms with Crippen LogP contribution in [-0.2, 0) is 0 Å². The van der Waals surface area contributed by atoms with E-state index >= 15 is 0 Å². The monoisotopic (exact) mass is 433 g/mol. The Morgan fingerprint density at radius 1 is 0.967 bits per heavy atom. The molecule has 0 saturated carbocycles. The summed E-state index contributed by atoms with van der Waals surface area (Å²) >= 11 is 7.58. The van der Waals surface area contributed by atoms with E-state index in [1.807, 2.05) is 96.2 Å². The standard InChI is InChI=1S/C24H20ClN3OS/c1-17(18-8-12-20(25)13-9-18)27-28(21-6-4-3-5-7-21)24-26-23(16-30-24)19-10-14-22(29-2)15-11-19/h3-16H,1-2H3. The van der Waals surface area contributed by atoms with Gasteiger partial charge >= 0.3 is 0 Å². The lowest BCUT2D eigenvalue weighted by molar-refractivity contribution is 0.415. The highest BCUT2D eigenvalue weighted by Crippen LogP contribution is 2.33. The van der Waals surface area contributed by atoms with Crippen molar-refractivity contribution in [3.63, 3.8) is 0 Å². The molecule has 1 heterocycles. The fourth-order valence-electron chi connectivity index (χ4n) is 2.93. The highest BCUT2D eigenvalue weighted by Gasteiger charge is 2.15. The summed E-state index contributed by atoms with van der Waals surface area (Å²) in [6.07, 6.45) is 0. The number of methoxy groups -OCH3 is 1. The van der Waals surface area contributed by atoms with E-state index in [0.29, 0.717) is 5.02 Å². The summed E-state index contributed by atoms with van der Waals surface area (Å²) in [5.74, 6) is 0.823. The summed E-state index contributed by atoms with van der Waals surface area (Å²) < 4.78 is 5.25. The summed E-state index contributed by atoms with van der Waals surface area (Å²) in [4.78, 5) is 4.85. The molecule has 0 unspecified atom stereocenters. The van der Waals surface area contributed by atoms with Crippen molar-refractivity contribution in [3.05, 3.63) is 94.8 Å². The second kappa shape index (κ2) is 9.11. The van der Waals surface area contributed by atoms with E-state index in [2.05, 4.69) is 0 Å². The third-order valence-electron chi connectivity index (χ3n) is 4.57. The number of thiazole rings is 1. The van der Waals surface area contributed by atoms with Crippen LogP contribution < -0.4 is 9.75 Å². The SMILES string of the molecule is COc1ccc(-c2csc(N(N=C(C)c3ccc(Cl)cc3)c3ccccc3)n2)cc1. The van der Waals surface area contributed by atoms with Gasteiger partial charge in [0.15, 0.2) is 0 Å². The van der Waals surface area contributed by atoms with E-state index in [1.165, 1.54) is 0 Å². The highest BCUT2D eigenvalue weighted by molar-refractivity contribution is 7.14. The van der Waals surface area contributed by atoms with Crippen molar-refractivity contribution in [2.24, 2.45) is 5.10 Å². The summed E-state index contributed by atoms with van der Waals surface area (Å²) in [7, 11) is 1.66. The van der Waals surface area contributed by atoms with Crippen molar-refractivity contribution in [3.8, 4) is 17.0 Å². The summed E-state index contributed by atoms with van der Waals surface area (Å²) in [6.45, 7) is 1.98. The smallest absolute Gasteiger partial charge is 0.211 e. The Balaban J connectivity index is 1.71. The maximum Gasteiger partial charge on any atom is 0.211 e. The molecule has 0 atom stereocenters. The van der Waals surface area contributed by atoms with Crippen LogP contribution in [0.1, 0.15) is 12.5 Å². The van der Waals surface area contributed by atoms with Gasteiger partial charge in [0.05, 0.1) is 24.2 Å². The molecule has 0 radical (unpaired) electrons. The molecule has 4 aromatic rings. The van der Waals surface area contributed by atoms with Gasteiger partial charge < -0.3 is 4.74 Å². The van der Waals surface area contributed by atoms with Gasteiger partial charge in [-0.05, 0) is 61.0 Å². The van der Waals surface area contributed by atoms with Crippen molar-refractivity contribution >= 4 is 39.5 Å². The Morgan fingerprint density at radius 2 is 1.67 bits per heavy atom. The molecular weight excluding hydrogens is 414 g/mol. The molecule has 4 nitrogen and oxygen atoms in total. The van der Waals surface area contributed by atoms with E-state index in [-0.39, 0.29) is 0 Å². The number of rotatable bonds is 6. The number of ether oxygens (including phenoxy) is 1. The minimum atomic E-state index is 0.704. The third-order valence-corrected chi connectivity index (χ3v) is 5.64. The fraction of sp³-hybridized carbons (Fsp3) is 0.0833. The fourth-order valence-corrected chi connectivity index (χ4v) is 3.86. The first-order chi connectivity index (χ1) is 14.6. The number of benzene rings is 3. The zero-order valence-corrected chi connectivity index (χ0v) is 18.2. The Kier molecular flexibility index (Phi) is 6.12. The first-order valence-corrected chi connectivity index (χ1v) is 10.7. The van der Waals surface area contributed by atoms with Gasteiger partial charge in [-0.1, -0.05) is 41.9 Å². The zero-order valence-electron chi connectivity index (χ0n) is 16.6. The van der Waals surface area contributed by atoms with Crippen molar-refractivity contribution in [1.29, 1.82) is 0 Å². The number of aromatic nitrogens is 1. The quantitative estimate of drug-likeness (QED) is 0.242. The molecule has 0 N–H and O–H groups in total. The molecule has 0 aliphatic heterocycles. The number of halogens is 1.